The highest BCUT2D eigenvalue weighted by Gasteiger charge is 2.08. The van der Waals surface area contributed by atoms with Gasteiger partial charge in [-0.2, -0.15) is 0 Å². The predicted octanol–water partition coefficient (Wildman–Crippen LogP) is 6.28. The molecule has 0 radical (unpaired) electrons. The van der Waals surface area contributed by atoms with E-state index in [0.29, 0.717) is 27.9 Å². The van der Waals surface area contributed by atoms with Gasteiger partial charge in [-0.15, -0.1) is 11.8 Å². The first-order valence-corrected chi connectivity index (χ1v) is 9.93. The lowest BCUT2D eigenvalue weighted by Crippen LogP contribution is -2.12. The number of benzene rings is 2. The van der Waals surface area contributed by atoms with Gasteiger partial charge in [0.2, 0.25) is 5.91 Å². The average molecular weight is 405 g/mol. The third-order valence-corrected chi connectivity index (χ3v) is 5.66. The summed E-state index contributed by atoms with van der Waals surface area (Å²) >= 11 is 13.4. The van der Waals surface area contributed by atoms with Crippen LogP contribution in [0.15, 0.2) is 47.5 Å². The SMILES string of the molecule is Cc1cc(SCCC(=O)Nc2ccc(Cl)c(Cl)c2)nc2c(C)cccc12. The number of aryl methyl sites for hydroxylation is 2. The predicted molar refractivity (Wildman–Crippen MR) is 112 cm³/mol. The van der Waals surface area contributed by atoms with Crippen LogP contribution in [0.1, 0.15) is 17.5 Å². The van der Waals surface area contributed by atoms with Crippen molar-refractivity contribution < 1.29 is 4.79 Å². The summed E-state index contributed by atoms with van der Waals surface area (Å²) in [5.41, 5.74) is 4.02. The molecular formula is C20H18Cl2N2OS. The van der Waals surface area contributed by atoms with Crippen molar-refractivity contribution in [2.45, 2.75) is 25.3 Å². The second kappa shape index (κ2) is 8.30. The van der Waals surface area contributed by atoms with Crippen LogP contribution in [-0.2, 0) is 4.79 Å². The molecule has 0 spiro atoms. The second-order valence-electron chi connectivity index (χ2n) is 6.02. The van der Waals surface area contributed by atoms with Crippen molar-refractivity contribution in [1.29, 1.82) is 0 Å². The van der Waals surface area contributed by atoms with Gasteiger partial charge in [-0.05, 0) is 49.2 Å². The van der Waals surface area contributed by atoms with E-state index in [4.69, 9.17) is 28.2 Å². The van der Waals surface area contributed by atoms with Gasteiger partial charge in [0, 0.05) is 23.2 Å². The highest BCUT2D eigenvalue weighted by atomic mass is 35.5. The molecule has 3 rings (SSSR count). The quantitative estimate of drug-likeness (QED) is 0.508. The molecule has 1 amide bonds. The summed E-state index contributed by atoms with van der Waals surface area (Å²) in [6.07, 6.45) is 0.386. The maximum atomic E-state index is 12.1. The number of anilines is 1. The largest absolute Gasteiger partial charge is 0.326 e. The Balaban J connectivity index is 1.61. The number of nitrogens with one attached hydrogen (secondary N) is 1. The Bertz CT molecular complexity index is 975. The lowest BCUT2D eigenvalue weighted by atomic mass is 10.1. The number of carbonyl (C=O) groups excluding carboxylic acids is 1. The van der Waals surface area contributed by atoms with E-state index < -0.39 is 0 Å². The standard InChI is InChI=1S/C20H18Cl2N2OS/c1-12-4-3-5-15-13(2)10-19(24-20(12)15)26-9-8-18(25)23-14-6-7-16(21)17(22)11-14/h3-7,10-11H,8-9H2,1-2H3,(H,23,25). The molecule has 26 heavy (non-hydrogen) atoms. The molecule has 3 nitrogen and oxygen atoms in total. The van der Waals surface area contributed by atoms with Crippen molar-refractivity contribution in [1.82, 2.24) is 4.98 Å². The molecule has 3 aromatic rings. The maximum Gasteiger partial charge on any atom is 0.225 e. The van der Waals surface area contributed by atoms with Crippen molar-refractivity contribution in [2.24, 2.45) is 0 Å². The fourth-order valence-electron chi connectivity index (χ4n) is 2.65. The molecule has 0 aliphatic rings. The number of amides is 1. The summed E-state index contributed by atoms with van der Waals surface area (Å²) < 4.78 is 0. The number of hydrogen-bond donors (Lipinski definition) is 1. The maximum absolute atomic E-state index is 12.1. The number of halogens is 2. The van der Waals surface area contributed by atoms with Crippen molar-refractivity contribution in [2.75, 3.05) is 11.1 Å². The Morgan fingerprint density at radius 2 is 1.88 bits per heavy atom. The van der Waals surface area contributed by atoms with Crippen LogP contribution in [0, 0.1) is 13.8 Å². The number of aromatic nitrogens is 1. The average Bonchev–Trinajstić information content (AvgIpc) is 2.59. The van der Waals surface area contributed by atoms with E-state index in [2.05, 4.69) is 37.4 Å². The molecule has 1 N–H and O–H groups in total. The minimum Gasteiger partial charge on any atom is -0.326 e. The zero-order chi connectivity index (χ0) is 18.7. The summed E-state index contributed by atoms with van der Waals surface area (Å²) in [5.74, 6) is 0.585. The molecule has 134 valence electrons. The lowest BCUT2D eigenvalue weighted by molar-refractivity contribution is -0.115. The van der Waals surface area contributed by atoms with Gasteiger partial charge in [0.25, 0.3) is 0 Å². The van der Waals surface area contributed by atoms with Gasteiger partial charge in [0.15, 0.2) is 0 Å². The molecular weight excluding hydrogens is 387 g/mol. The molecule has 0 aliphatic carbocycles. The summed E-state index contributed by atoms with van der Waals surface area (Å²) in [4.78, 5) is 16.8. The van der Waals surface area contributed by atoms with E-state index in [1.807, 2.05) is 6.07 Å². The van der Waals surface area contributed by atoms with Gasteiger partial charge in [0.05, 0.1) is 20.6 Å². The lowest BCUT2D eigenvalue weighted by Gasteiger charge is -2.09. The number of nitrogens with zero attached hydrogens (tertiary/aromatic N) is 1. The fourth-order valence-corrected chi connectivity index (χ4v) is 3.86. The number of carbonyl (C=O) groups is 1. The van der Waals surface area contributed by atoms with Crippen molar-refractivity contribution >= 4 is 57.5 Å². The first kappa shape index (κ1) is 19.0. The van der Waals surface area contributed by atoms with Crippen LogP contribution in [-0.4, -0.2) is 16.6 Å². The first-order valence-electron chi connectivity index (χ1n) is 8.19. The monoisotopic (exact) mass is 404 g/mol. The molecule has 0 unspecified atom stereocenters. The van der Waals surface area contributed by atoms with Crippen molar-refractivity contribution in [3.63, 3.8) is 0 Å². The highest BCUT2D eigenvalue weighted by molar-refractivity contribution is 7.99. The van der Waals surface area contributed by atoms with Crippen LogP contribution in [0.5, 0.6) is 0 Å². The van der Waals surface area contributed by atoms with Gasteiger partial charge in [-0.3, -0.25) is 4.79 Å². The van der Waals surface area contributed by atoms with Crippen LogP contribution in [0.3, 0.4) is 0 Å². The summed E-state index contributed by atoms with van der Waals surface area (Å²) in [6.45, 7) is 4.15. The number of para-hydroxylation sites is 1. The topological polar surface area (TPSA) is 42.0 Å². The first-order chi connectivity index (χ1) is 12.4. The van der Waals surface area contributed by atoms with E-state index in [1.165, 1.54) is 10.9 Å². The third-order valence-electron chi connectivity index (χ3n) is 4.01. The minimum atomic E-state index is -0.0652. The zero-order valence-electron chi connectivity index (χ0n) is 14.5. The van der Waals surface area contributed by atoms with Crippen LogP contribution >= 0.6 is 35.0 Å². The summed E-state index contributed by atoms with van der Waals surface area (Å²) in [5, 5.41) is 5.83. The van der Waals surface area contributed by atoms with Gasteiger partial charge in [-0.1, -0.05) is 41.4 Å². The molecule has 1 heterocycles. The van der Waals surface area contributed by atoms with Crippen LogP contribution in [0.25, 0.3) is 10.9 Å². The minimum absolute atomic E-state index is 0.0652. The zero-order valence-corrected chi connectivity index (χ0v) is 16.8. The van der Waals surface area contributed by atoms with Crippen LogP contribution in [0.4, 0.5) is 5.69 Å². The second-order valence-corrected chi connectivity index (χ2v) is 7.95. The summed E-state index contributed by atoms with van der Waals surface area (Å²) in [7, 11) is 0. The Labute approximate surface area is 167 Å². The molecule has 0 saturated heterocycles. The molecule has 6 heteroatoms. The fraction of sp³-hybridized carbons (Fsp3) is 0.200. The van der Waals surface area contributed by atoms with Crippen LogP contribution in [0.2, 0.25) is 10.0 Å². The molecule has 0 atom stereocenters. The molecule has 1 aromatic heterocycles. The van der Waals surface area contributed by atoms with Crippen molar-refractivity contribution in [3.8, 4) is 0 Å². The number of rotatable bonds is 5. The highest BCUT2D eigenvalue weighted by Crippen LogP contribution is 2.27. The Kier molecular flexibility index (Phi) is 6.07. The molecule has 0 aliphatic heterocycles. The Morgan fingerprint density at radius 1 is 1.08 bits per heavy atom. The molecule has 0 saturated carbocycles. The number of thioether (sulfide) groups is 1. The van der Waals surface area contributed by atoms with Gasteiger partial charge < -0.3 is 5.32 Å². The number of hydrogen-bond acceptors (Lipinski definition) is 3. The van der Waals surface area contributed by atoms with E-state index in [1.54, 1.807) is 30.0 Å². The summed E-state index contributed by atoms with van der Waals surface area (Å²) in [6, 6.07) is 13.3. The van der Waals surface area contributed by atoms with E-state index in [-0.39, 0.29) is 5.91 Å². The number of pyridine rings is 1. The number of fused-ring (bicyclic) bond motifs is 1. The van der Waals surface area contributed by atoms with Crippen molar-refractivity contribution in [3.05, 3.63) is 63.6 Å². The van der Waals surface area contributed by atoms with Crippen LogP contribution < -0.4 is 5.32 Å². The van der Waals surface area contributed by atoms with Gasteiger partial charge in [-0.25, -0.2) is 4.98 Å². The van der Waals surface area contributed by atoms with Gasteiger partial charge in [0.1, 0.15) is 0 Å². The molecule has 0 bridgehead atoms. The van der Waals surface area contributed by atoms with Gasteiger partial charge >= 0.3 is 0 Å². The van der Waals surface area contributed by atoms with E-state index in [9.17, 15) is 4.79 Å². The van der Waals surface area contributed by atoms with E-state index in [0.717, 1.165) is 16.1 Å². The smallest absolute Gasteiger partial charge is 0.225 e. The Hall–Kier alpha value is -1.75. The molecule has 2 aromatic carbocycles. The normalized spacial score (nSPS) is 10.9. The molecule has 0 fully saturated rings. The van der Waals surface area contributed by atoms with E-state index >= 15 is 0 Å². The Morgan fingerprint density at radius 3 is 2.65 bits per heavy atom. The third kappa shape index (κ3) is 4.50.